The van der Waals surface area contributed by atoms with E-state index in [9.17, 15) is 0 Å². The van der Waals surface area contributed by atoms with E-state index in [1.165, 1.54) is 6.33 Å². The van der Waals surface area contributed by atoms with Crippen LogP contribution in [0.15, 0.2) is 35.3 Å². The van der Waals surface area contributed by atoms with Gasteiger partial charge in [0.1, 0.15) is 11.8 Å². The van der Waals surface area contributed by atoms with Crippen molar-refractivity contribution >= 4 is 22.2 Å². The Bertz CT molecular complexity index is 523. The minimum atomic E-state index is 0.587. The molecule has 0 atom stereocenters. The van der Waals surface area contributed by atoms with Crippen molar-refractivity contribution in [3.8, 4) is 0 Å². The summed E-state index contributed by atoms with van der Waals surface area (Å²) in [5.74, 6) is 0. The number of hydrogen-bond donors (Lipinski definition) is 0. The van der Waals surface area contributed by atoms with Gasteiger partial charge in [0.25, 0.3) is 0 Å². The Morgan fingerprint density at radius 3 is 3.23 bits per heavy atom. The van der Waals surface area contributed by atoms with Gasteiger partial charge in [-0.3, -0.25) is 4.98 Å². The van der Waals surface area contributed by atoms with Gasteiger partial charge in [-0.05, 0) is 12.1 Å². The van der Waals surface area contributed by atoms with Crippen molar-refractivity contribution in [3.63, 3.8) is 0 Å². The highest BCUT2D eigenvalue weighted by atomic mass is 16.3. The van der Waals surface area contributed by atoms with Gasteiger partial charge in [0.05, 0.1) is 5.39 Å². The van der Waals surface area contributed by atoms with Gasteiger partial charge >= 0.3 is 0 Å². The number of furan rings is 1. The number of rotatable bonds is 0. The molecule has 0 saturated carbocycles. The van der Waals surface area contributed by atoms with Gasteiger partial charge in [0.15, 0.2) is 5.58 Å². The molecule has 3 aromatic heterocycles. The molecule has 4 heteroatoms. The molecule has 0 spiro atoms. The Kier molecular flexibility index (Phi) is 1.14. The first kappa shape index (κ1) is 6.54. The van der Waals surface area contributed by atoms with Crippen LogP contribution in [0, 0.1) is 0 Å². The normalized spacial score (nSPS) is 11.1. The summed E-state index contributed by atoms with van der Waals surface area (Å²) >= 11 is 0. The molecule has 13 heavy (non-hydrogen) atoms. The molecule has 0 bridgehead atoms. The van der Waals surface area contributed by atoms with E-state index in [-0.39, 0.29) is 0 Å². The summed E-state index contributed by atoms with van der Waals surface area (Å²) in [6.07, 6.45) is 4.90. The van der Waals surface area contributed by atoms with E-state index in [1.54, 1.807) is 12.4 Å². The summed E-state index contributed by atoms with van der Waals surface area (Å²) in [6.45, 7) is 0. The number of hydrogen-bond acceptors (Lipinski definition) is 4. The highest BCUT2D eigenvalue weighted by Gasteiger charge is 2.06. The molecule has 0 unspecified atom stereocenters. The molecule has 0 amide bonds. The monoisotopic (exact) mass is 171 g/mol. The van der Waals surface area contributed by atoms with Crippen LogP contribution < -0.4 is 0 Å². The molecule has 62 valence electrons. The van der Waals surface area contributed by atoms with E-state index < -0.39 is 0 Å². The van der Waals surface area contributed by atoms with E-state index in [1.807, 2.05) is 12.1 Å². The lowest BCUT2D eigenvalue weighted by Crippen LogP contribution is -1.75. The maximum absolute atomic E-state index is 5.44. The van der Waals surface area contributed by atoms with Gasteiger partial charge < -0.3 is 4.42 Å². The van der Waals surface area contributed by atoms with Crippen LogP contribution in [-0.4, -0.2) is 15.0 Å². The second-order valence-corrected chi connectivity index (χ2v) is 2.69. The van der Waals surface area contributed by atoms with Crippen LogP contribution in [0.2, 0.25) is 0 Å². The molecule has 0 aromatic carbocycles. The Labute approximate surface area is 73.2 Å². The predicted octanol–water partition coefficient (Wildman–Crippen LogP) is 1.77. The topological polar surface area (TPSA) is 51.8 Å². The van der Waals surface area contributed by atoms with Crippen LogP contribution in [0.1, 0.15) is 0 Å². The molecule has 0 aliphatic carbocycles. The number of pyridine rings is 1. The molecule has 0 N–H and O–H groups in total. The molecule has 0 aliphatic heterocycles. The number of fused-ring (bicyclic) bond motifs is 3. The van der Waals surface area contributed by atoms with Crippen molar-refractivity contribution < 1.29 is 4.42 Å². The average molecular weight is 171 g/mol. The van der Waals surface area contributed by atoms with Gasteiger partial charge in [0, 0.05) is 12.4 Å². The van der Waals surface area contributed by atoms with Gasteiger partial charge in [-0.25, -0.2) is 9.97 Å². The van der Waals surface area contributed by atoms with Crippen LogP contribution in [0.5, 0.6) is 0 Å². The Morgan fingerprint density at radius 2 is 2.23 bits per heavy atom. The highest BCUT2D eigenvalue weighted by molar-refractivity contribution is 5.99. The Morgan fingerprint density at radius 1 is 1.23 bits per heavy atom. The van der Waals surface area contributed by atoms with Crippen molar-refractivity contribution in [2.75, 3.05) is 0 Å². The molecule has 4 nitrogen and oxygen atoms in total. The molecule has 3 heterocycles. The van der Waals surface area contributed by atoms with Crippen LogP contribution in [0.3, 0.4) is 0 Å². The first-order valence-corrected chi connectivity index (χ1v) is 3.88. The molecular formula is C9H5N3O. The highest BCUT2D eigenvalue weighted by Crippen LogP contribution is 2.23. The minimum Gasteiger partial charge on any atom is -0.436 e. The SMILES string of the molecule is c1cnc2c(c1)oc1ncncc12. The second kappa shape index (κ2) is 2.26. The fraction of sp³-hybridized carbons (Fsp3) is 0. The molecule has 0 saturated heterocycles. The lowest BCUT2D eigenvalue weighted by atomic mass is 10.3. The maximum Gasteiger partial charge on any atom is 0.232 e. The van der Waals surface area contributed by atoms with Crippen molar-refractivity contribution in [1.29, 1.82) is 0 Å². The van der Waals surface area contributed by atoms with E-state index in [0.29, 0.717) is 5.71 Å². The Hall–Kier alpha value is -1.97. The summed E-state index contributed by atoms with van der Waals surface area (Å²) in [6, 6.07) is 3.70. The molecular weight excluding hydrogens is 166 g/mol. The van der Waals surface area contributed by atoms with Gasteiger partial charge in [-0.2, -0.15) is 0 Å². The molecule has 0 aliphatic rings. The van der Waals surface area contributed by atoms with Gasteiger partial charge in [0.2, 0.25) is 5.71 Å². The fourth-order valence-electron chi connectivity index (χ4n) is 1.34. The van der Waals surface area contributed by atoms with Crippen LogP contribution in [0.4, 0.5) is 0 Å². The largest absolute Gasteiger partial charge is 0.436 e. The second-order valence-electron chi connectivity index (χ2n) is 2.69. The molecule has 0 fully saturated rings. The average Bonchev–Trinajstić information content (AvgIpc) is 2.56. The summed E-state index contributed by atoms with van der Waals surface area (Å²) in [5, 5.41) is 0.859. The zero-order valence-corrected chi connectivity index (χ0v) is 6.64. The summed E-state index contributed by atoms with van der Waals surface area (Å²) in [5.41, 5.74) is 2.15. The predicted molar refractivity (Wildman–Crippen MR) is 47.1 cm³/mol. The first-order chi connectivity index (χ1) is 6.45. The van der Waals surface area contributed by atoms with Gasteiger partial charge in [-0.1, -0.05) is 0 Å². The maximum atomic E-state index is 5.44. The van der Waals surface area contributed by atoms with E-state index >= 15 is 0 Å². The molecule has 3 aromatic rings. The summed E-state index contributed by atoms with van der Waals surface area (Å²) < 4.78 is 5.44. The standard InChI is InChI=1S/C9H5N3O/c1-2-7-8(11-3-1)6-4-10-5-12-9(6)13-7/h1-5H. The zero-order valence-electron chi connectivity index (χ0n) is 6.64. The minimum absolute atomic E-state index is 0.587. The lowest BCUT2D eigenvalue weighted by molar-refractivity contribution is 0.652. The first-order valence-electron chi connectivity index (χ1n) is 3.88. The third-order valence-corrected chi connectivity index (χ3v) is 1.91. The quantitative estimate of drug-likeness (QED) is 0.517. The van der Waals surface area contributed by atoms with Crippen molar-refractivity contribution in [2.24, 2.45) is 0 Å². The number of aromatic nitrogens is 3. The van der Waals surface area contributed by atoms with Crippen LogP contribution in [-0.2, 0) is 0 Å². The summed E-state index contributed by atoms with van der Waals surface area (Å²) in [4.78, 5) is 12.1. The summed E-state index contributed by atoms with van der Waals surface area (Å²) in [7, 11) is 0. The Balaban J connectivity index is 2.64. The van der Waals surface area contributed by atoms with E-state index in [2.05, 4.69) is 15.0 Å². The fourth-order valence-corrected chi connectivity index (χ4v) is 1.34. The van der Waals surface area contributed by atoms with Crippen LogP contribution in [0.25, 0.3) is 22.2 Å². The van der Waals surface area contributed by atoms with Crippen molar-refractivity contribution in [2.45, 2.75) is 0 Å². The van der Waals surface area contributed by atoms with E-state index in [0.717, 1.165) is 16.5 Å². The van der Waals surface area contributed by atoms with Crippen LogP contribution >= 0.6 is 0 Å². The van der Waals surface area contributed by atoms with Crippen molar-refractivity contribution in [1.82, 2.24) is 15.0 Å². The third-order valence-electron chi connectivity index (χ3n) is 1.91. The molecule has 0 radical (unpaired) electrons. The zero-order chi connectivity index (χ0) is 8.67. The third kappa shape index (κ3) is 0.823. The van der Waals surface area contributed by atoms with E-state index in [4.69, 9.17) is 4.42 Å². The van der Waals surface area contributed by atoms with Gasteiger partial charge in [-0.15, -0.1) is 0 Å². The smallest absolute Gasteiger partial charge is 0.232 e. The van der Waals surface area contributed by atoms with Crippen molar-refractivity contribution in [3.05, 3.63) is 30.9 Å². The lowest BCUT2D eigenvalue weighted by Gasteiger charge is -1.83. The molecule has 3 rings (SSSR count). The number of nitrogens with zero attached hydrogens (tertiary/aromatic N) is 3.